The van der Waals surface area contributed by atoms with Gasteiger partial charge in [-0.2, -0.15) is 0 Å². The third-order valence-corrected chi connectivity index (χ3v) is 2.15. The molecule has 0 radical (unpaired) electrons. The molecule has 0 aromatic carbocycles. The third kappa shape index (κ3) is 7.48. The van der Waals surface area contributed by atoms with Crippen LogP contribution < -0.4 is 0 Å². The van der Waals surface area contributed by atoms with Crippen molar-refractivity contribution in [2.45, 2.75) is 0 Å². The van der Waals surface area contributed by atoms with Crippen LogP contribution in [0.3, 0.4) is 0 Å². The lowest BCUT2D eigenvalue weighted by Gasteiger charge is -2.10. The minimum Gasteiger partial charge on any atom is -0.302 e. The van der Waals surface area contributed by atoms with Gasteiger partial charge in [0.15, 0.2) is 0 Å². The number of nitrogens with zero attached hydrogens (tertiary/aromatic N) is 1. The van der Waals surface area contributed by atoms with Crippen molar-refractivity contribution in [1.82, 2.24) is 4.90 Å². The van der Waals surface area contributed by atoms with Crippen LogP contribution in [0.2, 0.25) is 0 Å². The second kappa shape index (κ2) is 4.46. The number of carbonyl (C=O) groups excluding carboxylic acids is 1. The lowest BCUT2D eigenvalue weighted by Crippen LogP contribution is -2.26. The molecule has 5 heteroatoms. The molecule has 66 valence electrons. The fourth-order valence-electron chi connectivity index (χ4n) is 0.540. The van der Waals surface area contributed by atoms with Crippen LogP contribution in [0.4, 0.5) is 0 Å². The third-order valence-electron chi connectivity index (χ3n) is 1.23. The number of carbonyl (C=O) groups is 1. The van der Waals surface area contributed by atoms with Gasteiger partial charge in [-0.1, -0.05) is 0 Å². The molecule has 0 rings (SSSR count). The van der Waals surface area contributed by atoms with Crippen molar-refractivity contribution in [3.63, 3.8) is 0 Å². The zero-order valence-corrected chi connectivity index (χ0v) is 7.60. The Hall–Kier alpha value is -0.420. The largest absolute Gasteiger partial charge is 0.302 e. The summed E-state index contributed by atoms with van der Waals surface area (Å²) in [5, 5.41) is 0. The molecule has 0 aliphatic carbocycles. The Bertz CT molecular complexity index is 210. The number of aldehydes is 1. The number of likely N-dealkylation sites (N-methyl/N-ethyl adjacent to an activating group) is 1. The van der Waals surface area contributed by atoms with E-state index in [4.69, 9.17) is 0 Å². The van der Waals surface area contributed by atoms with Crippen molar-refractivity contribution in [2.75, 3.05) is 32.1 Å². The van der Waals surface area contributed by atoms with Crippen molar-refractivity contribution in [3.05, 3.63) is 0 Å². The van der Waals surface area contributed by atoms with Gasteiger partial charge >= 0.3 is 0 Å². The van der Waals surface area contributed by atoms with Gasteiger partial charge in [-0.05, 0) is 7.05 Å². The smallest absolute Gasteiger partial charge is 0.148 e. The summed E-state index contributed by atoms with van der Waals surface area (Å²) in [5.74, 6) is 0.108. The highest BCUT2D eigenvalue weighted by molar-refractivity contribution is 7.90. The summed E-state index contributed by atoms with van der Waals surface area (Å²) < 4.78 is 21.2. The van der Waals surface area contributed by atoms with Crippen LogP contribution in [0.5, 0.6) is 0 Å². The van der Waals surface area contributed by atoms with Crippen molar-refractivity contribution in [1.29, 1.82) is 0 Å². The molecule has 0 fully saturated rings. The predicted octanol–water partition coefficient (Wildman–Crippen LogP) is -0.838. The van der Waals surface area contributed by atoms with Gasteiger partial charge in [0.2, 0.25) is 0 Å². The Morgan fingerprint density at radius 3 is 2.36 bits per heavy atom. The number of hydrogen-bond donors (Lipinski definition) is 0. The van der Waals surface area contributed by atoms with Crippen molar-refractivity contribution >= 4 is 16.1 Å². The number of sulfone groups is 1. The Labute approximate surface area is 67.1 Å². The van der Waals surface area contributed by atoms with Gasteiger partial charge in [0.25, 0.3) is 0 Å². The lowest BCUT2D eigenvalue weighted by molar-refractivity contribution is -0.108. The summed E-state index contributed by atoms with van der Waals surface area (Å²) in [6, 6.07) is 0. The van der Waals surface area contributed by atoms with E-state index in [-0.39, 0.29) is 12.3 Å². The molecule has 0 aromatic heterocycles. The molecule has 0 N–H and O–H groups in total. The molecular weight excluding hydrogens is 166 g/mol. The van der Waals surface area contributed by atoms with E-state index in [2.05, 4.69) is 0 Å². The number of hydrogen-bond acceptors (Lipinski definition) is 4. The summed E-state index contributed by atoms with van der Waals surface area (Å²) >= 11 is 0. The quantitative estimate of drug-likeness (QED) is 0.516. The Balaban J connectivity index is 3.62. The molecular formula is C6H13NO3S. The Kier molecular flexibility index (Phi) is 4.29. The molecule has 4 nitrogen and oxygen atoms in total. The van der Waals surface area contributed by atoms with Crippen LogP contribution >= 0.6 is 0 Å². The van der Waals surface area contributed by atoms with E-state index in [0.29, 0.717) is 6.54 Å². The highest BCUT2D eigenvalue weighted by Gasteiger charge is 2.03. The lowest BCUT2D eigenvalue weighted by atomic mass is 10.6. The van der Waals surface area contributed by atoms with Crippen molar-refractivity contribution in [2.24, 2.45) is 0 Å². The first kappa shape index (κ1) is 10.6. The first-order valence-corrected chi connectivity index (χ1v) is 5.31. The van der Waals surface area contributed by atoms with Gasteiger partial charge < -0.3 is 4.79 Å². The molecule has 0 aliphatic heterocycles. The first-order valence-electron chi connectivity index (χ1n) is 3.25. The summed E-state index contributed by atoms with van der Waals surface area (Å²) in [4.78, 5) is 11.6. The SMILES string of the molecule is CN(CC=O)CCS(C)(=O)=O. The average molecular weight is 179 g/mol. The maximum absolute atomic E-state index is 10.6. The van der Waals surface area contributed by atoms with Crippen LogP contribution in [0.15, 0.2) is 0 Å². The van der Waals surface area contributed by atoms with Crippen LogP contribution in [0.25, 0.3) is 0 Å². The molecule has 0 unspecified atom stereocenters. The van der Waals surface area contributed by atoms with E-state index in [1.54, 1.807) is 11.9 Å². The monoisotopic (exact) mass is 179 g/mol. The second-order valence-electron chi connectivity index (χ2n) is 2.56. The predicted molar refractivity (Wildman–Crippen MR) is 43.3 cm³/mol. The highest BCUT2D eigenvalue weighted by atomic mass is 32.2. The summed E-state index contributed by atoms with van der Waals surface area (Å²) in [5.41, 5.74) is 0. The highest BCUT2D eigenvalue weighted by Crippen LogP contribution is 1.85. The molecule has 0 aliphatic rings. The normalized spacial score (nSPS) is 11.9. The summed E-state index contributed by atoms with van der Waals surface area (Å²) in [6.45, 7) is 0.701. The van der Waals surface area contributed by atoms with Gasteiger partial charge in [0.1, 0.15) is 16.1 Å². The Morgan fingerprint density at radius 2 is 2.00 bits per heavy atom. The van der Waals surface area contributed by atoms with Crippen LogP contribution in [0.1, 0.15) is 0 Å². The van der Waals surface area contributed by atoms with Crippen LogP contribution in [-0.2, 0) is 14.6 Å². The molecule has 0 amide bonds. The molecule has 0 spiro atoms. The molecule has 0 saturated carbocycles. The van der Waals surface area contributed by atoms with Gasteiger partial charge in [0.05, 0.1) is 12.3 Å². The van der Waals surface area contributed by atoms with Crippen LogP contribution in [-0.4, -0.2) is 51.7 Å². The summed E-state index contributed by atoms with van der Waals surface area (Å²) in [7, 11) is -1.19. The minimum atomic E-state index is -2.90. The first-order chi connectivity index (χ1) is 4.95. The molecule has 0 heterocycles. The second-order valence-corrected chi connectivity index (χ2v) is 4.82. The molecule has 11 heavy (non-hydrogen) atoms. The Morgan fingerprint density at radius 1 is 1.45 bits per heavy atom. The zero-order chi connectivity index (χ0) is 8.91. The fraction of sp³-hybridized carbons (Fsp3) is 0.833. The summed E-state index contributed by atoms with van der Waals surface area (Å²) in [6.07, 6.45) is 1.93. The van der Waals surface area contributed by atoms with Crippen LogP contribution in [0, 0.1) is 0 Å². The van der Waals surface area contributed by atoms with Gasteiger partial charge in [-0.25, -0.2) is 8.42 Å². The molecule has 0 saturated heterocycles. The minimum absolute atomic E-state index is 0.108. The molecule has 0 atom stereocenters. The maximum Gasteiger partial charge on any atom is 0.148 e. The van der Waals surface area contributed by atoms with E-state index in [1.807, 2.05) is 0 Å². The van der Waals surface area contributed by atoms with Gasteiger partial charge in [-0.15, -0.1) is 0 Å². The zero-order valence-electron chi connectivity index (χ0n) is 6.78. The van der Waals surface area contributed by atoms with Crippen molar-refractivity contribution < 1.29 is 13.2 Å². The molecule has 0 aromatic rings. The maximum atomic E-state index is 10.6. The van der Waals surface area contributed by atoms with Crippen molar-refractivity contribution in [3.8, 4) is 0 Å². The van der Waals surface area contributed by atoms with Gasteiger partial charge in [-0.3, -0.25) is 4.90 Å². The average Bonchev–Trinajstić information content (AvgIpc) is 1.83. The standard InChI is InChI=1S/C6H13NO3S/c1-7(3-5-8)4-6-11(2,9)10/h5H,3-4,6H2,1-2H3. The fourth-order valence-corrected chi connectivity index (χ4v) is 1.18. The van der Waals surface area contributed by atoms with E-state index in [9.17, 15) is 13.2 Å². The van der Waals surface area contributed by atoms with Gasteiger partial charge in [0, 0.05) is 12.8 Å². The van der Waals surface area contributed by atoms with E-state index in [0.717, 1.165) is 6.29 Å². The van der Waals surface area contributed by atoms with E-state index < -0.39 is 9.84 Å². The number of rotatable bonds is 5. The van der Waals surface area contributed by atoms with E-state index in [1.165, 1.54) is 6.26 Å². The van der Waals surface area contributed by atoms with E-state index >= 15 is 0 Å². The molecule has 0 bridgehead atoms. The topological polar surface area (TPSA) is 54.5 Å².